The minimum absolute atomic E-state index is 0.115. The lowest BCUT2D eigenvalue weighted by Crippen LogP contribution is -2.11. The van der Waals surface area contributed by atoms with Gasteiger partial charge in [-0.25, -0.2) is 0 Å². The monoisotopic (exact) mass is 235 g/mol. The van der Waals surface area contributed by atoms with E-state index < -0.39 is 0 Å². The molecular weight excluding hydrogens is 218 g/mol. The number of hydrogen-bond acceptors (Lipinski definition) is 4. The van der Waals surface area contributed by atoms with Crippen molar-refractivity contribution in [1.82, 2.24) is 24.9 Å². The number of aromatic nitrogens is 4. The van der Waals surface area contributed by atoms with E-state index in [2.05, 4.69) is 15.5 Å². The van der Waals surface area contributed by atoms with Crippen LogP contribution in [0.25, 0.3) is 0 Å². The van der Waals surface area contributed by atoms with Crippen LogP contribution in [0.1, 0.15) is 11.1 Å². The molecule has 0 saturated carbocycles. The lowest BCUT2D eigenvalue weighted by atomic mass is 10.3. The normalized spacial score (nSPS) is 10.9. The Morgan fingerprint density at radius 1 is 1.18 bits per heavy atom. The second kappa shape index (κ2) is 5.60. The predicted molar refractivity (Wildman–Crippen MR) is 63.1 cm³/mol. The van der Waals surface area contributed by atoms with Gasteiger partial charge in [0.15, 0.2) is 0 Å². The lowest BCUT2D eigenvalue weighted by Gasteiger charge is -2.00. The van der Waals surface area contributed by atoms with E-state index in [1.54, 1.807) is 9.36 Å². The van der Waals surface area contributed by atoms with Crippen molar-refractivity contribution >= 4 is 0 Å². The van der Waals surface area contributed by atoms with Crippen LogP contribution in [0.15, 0.2) is 24.8 Å². The van der Waals surface area contributed by atoms with Crippen LogP contribution in [0.4, 0.5) is 0 Å². The van der Waals surface area contributed by atoms with Gasteiger partial charge in [0.2, 0.25) is 0 Å². The Labute approximate surface area is 99.9 Å². The highest BCUT2D eigenvalue weighted by atomic mass is 16.3. The first-order valence-electron chi connectivity index (χ1n) is 5.58. The summed E-state index contributed by atoms with van der Waals surface area (Å²) in [5.41, 5.74) is 2.28. The Hall–Kier alpha value is -1.66. The van der Waals surface area contributed by atoms with Crippen molar-refractivity contribution in [1.29, 1.82) is 0 Å². The zero-order chi connectivity index (χ0) is 12.1. The zero-order valence-corrected chi connectivity index (χ0v) is 9.87. The van der Waals surface area contributed by atoms with Gasteiger partial charge >= 0.3 is 0 Å². The first-order chi connectivity index (χ1) is 8.28. The van der Waals surface area contributed by atoms with Gasteiger partial charge in [0.1, 0.15) is 0 Å². The number of rotatable bonds is 6. The van der Waals surface area contributed by atoms with E-state index in [9.17, 15) is 0 Å². The fourth-order valence-electron chi connectivity index (χ4n) is 1.64. The number of aryl methyl sites for hydroxylation is 1. The van der Waals surface area contributed by atoms with E-state index in [0.717, 1.165) is 24.2 Å². The molecule has 0 aliphatic rings. The van der Waals surface area contributed by atoms with Crippen LogP contribution in [0.3, 0.4) is 0 Å². The summed E-state index contributed by atoms with van der Waals surface area (Å²) >= 11 is 0. The highest BCUT2D eigenvalue weighted by molar-refractivity contribution is 5.06. The van der Waals surface area contributed by atoms with Crippen LogP contribution in [-0.4, -0.2) is 31.3 Å². The largest absolute Gasteiger partial charge is 0.394 e. The maximum Gasteiger partial charge on any atom is 0.0640 e. The first-order valence-corrected chi connectivity index (χ1v) is 5.58. The van der Waals surface area contributed by atoms with Crippen LogP contribution in [0.5, 0.6) is 0 Å². The molecule has 6 heteroatoms. The number of aliphatic hydroxyl groups is 1. The van der Waals surface area contributed by atoms with Gasteiger partial charge in [0, 0.05) is 43.7 Å². The van der Waals surface area contributed by atoms with E-state index in [0.29, 0.717) is 6.54 Å². The Morgan fingerprint density at radius 2 is 1.88 bits per heavy atom. The Bertz CT molecular complexity index is 462. The van der Waals surface area contributed by atoms with Crippen LogP contribution in [0.2, 0.25) is 0 Å². The molecule has 2 rings (SSSR count). The summed E-state index contributed by atoms with van der Waals surface area (Å²) in [5.74, 6) is 0. The lowest BCUT2D eigenvalue weighted by molar-refractivity contribution is 0.269. The number of nitrogens with zero attached hydrogens (tertiary/aromatic N) is 4. The van der Waals surface area contributed by atoms with Gasteiger partial charge in [-0.3, -0.25) is 9.36 Å². The molecular formula is C11H17N5O. The molecule has 0 radical (unpaired) electrons. The van der Waals surface area contributed by atoms with Gasteiger partial charge in [-0.1, -0.05) is 0 Å². The highest BCUT2D eigenvalue weighted by Gasteiger charge is 1.99. The molecule has 17 heavy (non-hydrogen) atoms. The average Bonchev–Trinajstić information content (AvgIpc) is 2.89. The van der Waals surface area contributed by atoms with Crippen molar-refractivity contribution in [3.05, 3.63) is 35.9 Å². The zero-order valence-electron chi connectivity index (χ0n) is 9.87. The van der Waals surface area contributed by atoms with E-state index >= 15 is 0 Å². The molecule has 0 bridgehead atoms. The number of hydrogen-bond donors (Lipinski definition) is 2. The molecule has 2 aromatic rings. The van der Waals surface area contributed by atoms with Crippen molar-refractivity contribution in [2.24, 2.45) is 7.05 Å². The maximum absolute atomic E-state index is 8.77. The third-order valence-electron chi connectivity index (χ3n) is 2.43. The number of nitrogens with one attached hydrogen (secondary N) is 1. The average molecular weight is 235 g/mol. The highest BCUT2D eigenvalue weighted by Crippen LogP contribution is 1.99. The van der Waals surface area contributed by atoms with E-state index in [1.807, 2.05) is 31.8 Å². The molecule has 2 aromatic heterocycles. The maximum atomic E-state index is 8.77. The summed E-state index contributed by atoms with van der Waals surface area (Å²) in [6.45, 7) is 2.21. The standard InChI is InChI=1S/C11H17N5O/c1-15-8-10(6-13-15)4-12-5-11-7-14-16(9-11)2-3-17/h6-9,12,17H,2-5H2,1H3. The third kappa shape index (κ3) is 3.40. The molecule has 0 spiro atoms. The molecule has 92 valence electrons. The SMILES string of the molecule is Cn1cc(CNCc2cnn(CCO)c2)cn1. The summed E-state index contributed by atoms with van der Waals surface area (Å²) in [7, 11) is 1.91. The van der Waals surface area contributed by atoms with Gasteiger partial charge in [-0.2, -0.15) is 10.2 Å². The summed E-state index contributed by atoms with van der Waals surface area (Å²) in [6.07, 6.45) is 7.59. The van der Waals surface area contributed by atoms with Gasteiger partial charge < -0.3 is 10.4 Å². The van der Waals surface area contributed by atoms with E-state index in [-0.39, 0.29) is 6.61 Å². The van der Waals surface area contributed by atoms with Gasteiger partial charge in [0.25, 0.3) is 0 Å². The summed E-state index contributed by atoms with van der Waals surface area (Å²) in [4.78, 5) is 0. The summed E-state index contributed by atoms with van der Waals surface area (Å²) in [5, 5.41) is 20.3. The minimum atomic E-state index is 0.115. The van der Waals surface area contributed by atoms with Crippen molar-refractivity contribution in [2.75, 3.05) is 6.61 Å². The van der Waals surface area contributed by atoms with Gasteiger partial charge in [0.05, 0.1) is 25.5 Å². The fraction of sp³-hybridized carbons (Fsp3) is 0.455. The second-order valence-electron chi connectivity index (χ2n) is 3.96. The van der Waals surface area contributed by atoms with Crippen molar-refractivity contribution in [3.8, 4) is 0 Å². The van der Waals surface area contributed by atoms with Crippen molar-refractivity contribution in [2.45, 2.75) is 19.6 Å². The molecule has 0 atom stereocenters. The minimum Gasteiger partial charge on any atom is -0.394 e. The molecule has 0 unspecified atom stereocenters. The molecule has 0 aliphatic heterocycles. The molecule has 0 aliphatic carbocycles. The molecule has 0 aromatic carbocycles. The summed E-state index contributed by atoms with van der Waals surface area (Å²) < 4.78 is 3.53. The topological polar surface area (TPSA) is 67.9 Å². The fourth-order valence-corrected chi connectivity index (χ4v) is 1.64. The van der Waals surface area contributed by atoms with Gasteiger partial charge in [-0.15, -0.1) is 0 Å². The van der Waals surface area contributed by atoms with E-state index in [4.69, 9.17) is 5.11 Å². The first kappa shape index (κ1) is 11.8. The Kier molecular flexibility index (Phi) is 3.89. The van der Waals surface area contributed by atoms with E-state index in [1.165, 1.54) is 0 Å². The Balaban J connectivity index is 1.77. The van der Waals surface area contributed by atoms with Crippen molar-refractivity contribution < 1.29 is 5.11 Å². The molecule has 0 amide bonds. The quantitative estimate of drug-likeness (QED) is 0.733. The van der Waals surface area contributed by atoms with Crippen LogP contribution >= 0.6 is 0 Å². The molecule has 0 fully saturated rings. The molecule has 6 nitrogen and oxygen atoms in total. The van der Waals surface area contributed by atoms with Crippen LogP contribution in [0, 0.1) is 0 Å². The van der Waals surface area contributed by atoms with Crippen LogP contribution < -0.4 is 5.32 Å². The van der Waals surface area contributed by atoms with Crippen molar-refractivity contribution in [3.63, 3.8) is 0 Å². The summed E-state index contributed by atoms with van der Waals surface area (Å²) in [6, 6.07) is 0. The van der Waals surface area contributed by atoms with Crippen LogP contribution in [-0.2, 0) is 26.7 Å². The number of aliphatic hydroxyl groups excluding tert-OH is 1. The molecule has 0 saturated heterocycles. The predicted octanol–water partition coefficient (Wildman–Crippen LogP) is -0.101. The smallest absolute Gasteiger partial charge is 0.0640 e. The molecule has 2 heterocycles. The molecule has 2 N–H and O–H groups in total. The third-order valence-corrected chi connectivity index (χ3v) is 2.43. The van der Waals surface area contributed by atoms with Gasteiger partial charge in [-0.05, 0) is 0 Å². The second-order valence-corrected chi connectivity index (χ2v) is 3.96. The Morgan fingerprint density at radius 3 is 2.53 bits per heavy atom.